The van der Waals surface area contributed by atoms with Gasteiger partial charge in [-0.2, -0.15) is 5.26 Å². The second-order valence-electron chi connectivity index (χ2n) is 3.71. The van der Waals surface area contributed by atoms with E-state index in [-0.39, 0.29) is 0 Å². The Labute approximate surface area is 112 Å². The van der Waals surface area contributed by atoms with Gasteiger partial charge in [-0.3, -0.25) is 0 Å². The number of methoxy groups -OCH3 is 2. The molecule has 0 saturated heterocycles. The average Bonchev–Trinajstić information content (AvgIpc) is 2.42. The molecule has 0 unspecified atom stereocenters. The number of hydrogen-bond acceptors (Lipinski definition) is 5. The van der Waals surface area contributed by atoms with Crippen LogP contribution in [0.4, 0.5) is 5.69 Å². The van der Waals surface area contributed by atoms with Crippen molar-refractivity contribution in [1.29, 1.82) is 5.26 Å². The van der Waals surface area contributed by atoms with E-state index in [1.807, 2.05) is 30.3 Å². The maximum atomic E-state index is 8.64. The fourth-order valence-corrected chi connectivity index (χ4v) is 2.22. The summed E-state index contributed by atoms with van der Waals surface area (Å²) in [4.78, 5) is 3.03. The lowest BCUT2D eigenvalue weighted by molar-refractivity contribution is 0.394. The number of nitriles is 1. The van der Waals surface area contributed by atoms with Crippen molar-refractivity contribution in [3.63, 3.8) is 0 Å². The standard InChI is InChI=1S/C13H18N2O2S/c1-15(7-5-6-14)10-8-12(17-3)13(18-4)9-11(10)16-2/h8-9H,5,7H2,1-4H3. The number of rotatable bonds is 6. The molecule has 1 aromatic rings. The number of anilines is 1. The van der Waals surface area contributed by atoms with Gasteiger partial charge in [0.25, 0.3) is 0 Å². The maximum absolute atomic E-state index is 8.64. The summed E-state index contributed by atoms with van der Waals surface area (Å²) in [7, 11) is 5.24. The molecule has 0 aliphatic rings. The Kier molecular flexibility index (Phi) is 5.66. The Morgan fingerprint density at radius 3 is 2.44 bits per heavy atom. The molecule has 0 amide bonds. The first-order chi connectivity index (χ1) is 8.67. The van der Waals surface area contributed by atoms with Gasteiger partial charge in [-0.15, -0.1) is 11.8 Å². The van der Waals surface area contributed by atoms with Crippen LogP contribution in [0.1, 0.15) is 6.42 Å². The fourth-order valence-electron chi connectivity index (χ4n) is 1.65. The van der Waals surface area contributed by atoms with Crippen molar-refractivity contribution in [3.05, 3.63) is 12.1 Å². The van der Waals surface area contributed by atoms with Gasteiger partial charge in [0.15, 0.2) is 0 Å². The smallest absolute Gasteiger partial charge is 0.143 e. The van der Waals surface area contributed by atoms with Crippen LogP contribution in [-0.4, -0.2) is 34.1 Å². The van der Waals surface area contributed by atoms with Gasteiger partial charge < -0.3 is 14.4 Å². The van der Waals surface area contributed by atoms with E-state index >= 15 is 0 Å². The largest absolute Gasteiger partial charge is 0.496 e. The minimum atomic E-state index is 0.478. The van der Waals surface area contributed by atoms with E-state index in [1.165, 1.54) is 0 Å². The van der Waals surface area contributed by atoms with Crippen molar-refractivity contribution >= 4 is 17.4 Å². The van der Waals surface area contributed by atoms with Gasteiger partial charge in [-0.25, -0.2) is 0 Å². The summed E-state index contributed by atoms with van der Waals surface area (Å²) in [5.41, 5.74) is 0.933. The molecule has 4 nitrogen and oxygen atoms in total. The van der Waals surface area contributed by atoms with Crippen LogP contribution in [0.3, 0.4) is 0 Å². The van der Waals surface area contributed by atoms with Crippen LogP contribution in [0.2, 0.25) is 0 Å². The summed E-state index contributed by atoms with van der Waals surface area (Å²) >= 11 is 1.61. The van der Waals surface area contributed by atoms with Gasteiger partial charge in [-0.05, 0) is 12.3 Å². The molecular formula is C13H18N2O2S. The molecule has 98 valence electrons. The summed E-state index contributed by atoms with van der Waals surface area (Å²) in [6.07, 6.45) is 2.47. The number of thioether (sulfide) groups is 1. The topological polar surface area (TPSA) is 45.5 Å². The fraction of sp³-hybridized carbons (Fsp3) is 0.462. The van der Waals surface area contributed by atoms with Crippen LogP contribution in [-0.2, 0) is 0 Å². The molecule has 0 aromatic heterocycles. The molecule has 0 radical (unpaired) electrons. The van der Waals surface area contributed by atoms with Crippen LogP contribution in [0.15, 0.2) is 17.0 Å². The normalized spacial score (nSPS) is 9.72. The second kappa shape index (κ2) is 7.02. The quantitative estimate of drug-likeness (QED) is 0.741. The van der Waals surface area contributed by atoms with Crippen molar-refractivity contribution < 1.29 is 9.47 Å². The van der Waals surface area contributed by atoms with Crippen LogP contribution in [0.25, 0.3) is 0 Å². The van der Waals surface area contributed by atoms with Crippen molar-refractivity contribution in [1.82, 2.24) is 0 Å². The Bertz CT molecular complexity index is 443. The van der Waals surface area contributed by atoms with Gasteiger partial charge in [0.1, 0.15) is 11.5 Å². The van der Waals surface area contributed by atoms with Gasteiger partial charge in [0.2, 0.25) is 0 Å². The summed E-state index contributed by atoms with van der Waals surface area (Å²) in [6.45, 7) is 0.661. The zero-order valence-electron chi connectivity index (χ0n) is 11.2. The molecular weight excluding hydrogens is 248 g/mol. The lowest BCUT2D eigenvalue weighted by Crippen LogP contribution is -2.19. The van der Waals surface area contributed by atoms with Gasteiger partial charge in [-0.1, -0.05) is 0 Å². The molecule has 0 aliphatic carbocycles. The highest BCUT2D eigenvalue weighted by atomic mass is 32.2. The number of nitrogens with zero attached hydrogens (tertiary/aromatic N) is 2. The predicted molar refractivity (Wildman–Crippen MR) is 74.8 cm³/mol. The van der Waals surface area contributed by atoms with Crippen molar-refractivity contribution in [2.45, 2.75) is 11.3 Å². The predicted octanol–water partition coefficient (Wildman–Crippen LogP) is 2.78. The van der Waals surface area contributed by atoms with E-state index in [2.05, 4.69) is 6.07 Å². The lowest BCUT2D eigenvalue weighted by atomic mass is 10.2. The summed E-state index contributed by atoms with van der Waals surface area (Å²) in [5, 5.41) is 8.64. The first-order valence-electron chi connectivity index (χ1n) is 5.56. The highest BCUT2D eigenvalue weighted by molar-refractivity contribution is 7.98. The summed E-state index contributed by atoms with van der Waals surface area (Å²) < 4.78 is 10.8. The van der Waals surface area contributed by atoms with E-state index in [1.54, 1.807) is 26.0 Å². The van der Waals surface area contributed by atoms with Crippen LogP contribution < -0.4 is 14.4 Å². The van der Waals surface area contributed by atoms with Crippen molar-refractivity contribution in [2.75, 3.05) is 39.0 Å². The molecule has 1 rings (SSSR count). The highest BCUT2D eigenvalue weighted by Crippen LogP contribution is 2.38. The van der Waals surface area contributed by atoms with Crippen LogP contribution in [0, 0.1) is 11.3 Å². The number of hydrogen-bond donors (Lipinski definition) is 0. The maximum Gasteiger partial charge on any atom is 0.143 e. The molecule has 0 heterocycles. The third-order valence-electron chi connectivity index (χ3n) is 2.66. The van der Waals surface area contributed by atoms with E-state index in [0.29, 0.717) is 13.0 Å². The van der Waals surface area contributed by atoms with Crippen molar-refractivity contribution in [3.8, 4) is 17.6 Å². The SMILES string of the molecule is COc1cc(N(C)CCC#N)c(OC)cc1SC. The Morgan fingerprint density at radius 1 is 1.28 bits per heavy atom. The van der Waals surface area contributed by atoms with E-state index in [9.17, 15) is 0 Å². The van der Waals surface area contributed by atoms with E-state index in [0.717, 1.165) is 22.1 Å². The number of benzene rings is 1. The average molecular weight is 266 g/mol. The van der Waals surface area contributed by atoms with Gasteiger partial charge in [0, 0.05) is 19.7 Å². The molecule has 0 bridgehead atoms. The molecule has 0 fully saturated rings. The third kappa shape index (κ3) is 3.23. The molecule has 0 aliphatic heterocycles. The molecule has 18 heavy (non-hydrogen) atoms. The first kappa shape index (κ1) is 14.5. The molecule has 0 atom stereocenters. The summed E-state index contributed by atoms with van der Waals surface area (Å²) in [6, 6.07) is 6.05. The molecule has 0 saturated carbocycles. The van der Waals surface area contributed by atoms with E-state index < -0.39 is 0 Å². The monoisotopic (exact) mass is 266 g/mol. The lowest BCUT2D eigenvalue weighted by Gasteiger charge is -2.22. The minimum Gasteiger partial charge on any atom is -0.496 e. The van der Waals surface area contributed by atoms with Gasteiger partial charge in [0.05, 0.1) is 37.3 Å². The van der Waals surface area contributed by atoms with Crippen LogP contribution in [0.5, 0.6) is 11.5 Å². The third-order valence-corrected chi connectivity index (χ3v) is 3.41. The van der Waals surface area contributed by atoms with E-state index in [4.69, 9.17) is 14.7 Å². The Hall–Kier alpha value is -1.54. The molecule has 5 heteroatoms. The van der Waals surface area contributed by atoms with Crippen molar-refractivity contribution in [2.24, 2.45) is 0 Å². The molecule has 1 aromatic carbocycles. The Morgan fingerprint density at radius 2 is 1.94 bits per heavy atom. The highest BCUT2D eigenvalue weighted by Gasteiger charge is 2.13. The molecule has 0 N–H and O–H groups in total. The summed E-state index contributed by atoms with van der Waals surface area (Å²) in [5.74, 6) is 1.61. The zero-order valence-corrected chi connectivity index (χ0v) is 12.0. The molecule has 0 spiro atoms. The first-order valence-corrected chi connectivity index (χ1v) is 6.78. The Balaban J connectivity index is 3.13. The zero-order chi connectivity index (χ0) is 13.5. The minimum absolute atomic E-state index is 0.478. The number of ether oxygens (including phenoxy) is 2. The van der Waals surface area contributed by atoms with Crippen LogP contribution >= 0.6 is 11.8 Å². The second-order valence-corrected chi connectivity index (χ2v) is 4.56. The van der Waals surface area contributed by atoms with Gasteiger partial charge >= 0.3 is 0 Å².